The van der Waals surface area contributed by atoms with Gasteiger partial charge in [-0.3, -0.25) is 9.78 Å². The molecule has 0 bridgehead atoms. The van der Waals surface area contributed by atoms with Gasteiger partial charge in [-0.05, 0) is 19.1 Å². The van der Waals surface area contributed by atoms with Crippen molar-refractivity contribution in [3.05, 3.63) is 30.1 Å². The standard InChI is InChI=1S/C12H17N3O2/c1-9-7-15(8-11(6-13)17-9)12(16)10-2-4-14-5-3-10/h2-5,9,11H,6-8,13H2,1H3. The van der Waals surface area contributed by atoms with Gasteiger partial charge in [0.15, 0.2) is 0 Å². The Balaban J connectivity index is 2.09. The first-order valence-corrected chi connectivity index (χ1v) is 5.75. The van der Waals surface area contributed by atoms with Crippen molar-refractivity contribution < 1.29 is 9.53 Å². The van der Waals surface area contributed by atoms with Crippen molar-refractivity contribution in [1.82, 2.24) is 9.88 Å². The molecule has 1 fully saturated rings. The van der Waals surface area contributed by atoms with Gasteiger partial charge in [0, 0.05) is 37.6 Å². The van der Waals surface area contributed by atoms with E-state index in [-0.39, 0.29) is 18.1 Å². The minimum absolute atomic E-state index is 0.0148. The molecule has 0 aromatic carbocycles. The fourth-order valence-electron chi connectivity index (χ4n) is 2.02. The molecule has 1 aromatic heterocycles. The largest absolute Gasteiger partial charge is 0.370 e. The fraction of sp³-hybridized carbons (Fsp3) is 0.500. The summed E-state index contributed by atoms with van der Waals surface area (Å²) < 4.78 is 5.62. The normalized spacial score (nSPS) is 24.7. The van der Waals surface area contributed by atoms with Crippen molar-refractivity contribution in [3.8, 4) is 0 Å². The Hall–Kier alpha value is -1.46. The second-order valence-corrected chi connectivity index (χ2v) is 4.25. The molecular formula is C12H17N3O2. The quantitative estimate of drug-likeness (QED) is 0.799. The van der Waals surface area contributed by atoms with Gasteiger partial charge in [0.25, 0.3) is 5.91 Å². The van der Waals surface area contributed by atoms with Gasteiger partial charge in [-0.1, -0.05) is 0 Å². The van der Waals surface area contributed by atoms with Crippen molar-refractivity contribution in [2.45, 2.75) is 19.1 Å². The maximum Gasteiger partial charge on any atom is 0.254 e. The van der Waals surface area contributed by atoms with Crippen LogP contribution in [0.1, 0.15) is 17.3 Å². The Morgan fingerprint density at radius 3 is 2.88 bits per heavy atom. The summed E-state index contributed by atoms with van der Waals surface area (Å²) in [6.45, 7) is 3.55. The van der Waals surface area contributed by atoms with Crippen molar-refractivity contribution in [2.24, 2.45) is 5.73 Å². The van der Waals surface area contributed by atoms with E-state index in [4.69, 9.17) is 10.5 Å². The van der Waals surface area contributed by atoms with Gasteiger partial charge in [-0.2, -0.15) is 0 Å². The number of carbonyl (C=O) groups excluding carboxylic acids is 1. The summed E-state index contributed by atoms with van der Waals surface area (Å²) in [6, 6.07) is 3.44. The van der Waals surface area contributed by atoms with Gasteiger partial charge in [-0.15, -0.1) is 0 Å². The van der Waals surface area contributed by atoms with Crippen molar-refractivity contribution in [3.63, 3.8) is 0 Å². The van der Waals surface area contributed by atoms with E-state index < -0.39 is 0 Å². The Labute approximate surface area is 101 Å². The topological polar surface area (TPSA) is 68.5 Å². The summed E-state index contributed by atoms with van der Waals surface area (Å²) in [6.07, 6.45) is 3.21. The summed E-state index contributed by atoms with van der Waals surface area (Å²) in [4.78, 5) is 17.9. The van der Waals surface area contributed by atoms with Crippen LogP contribution in [0.3, 0.4) is 0 Å². The van der Waals surface area contributed by atoms with Gasteiger partial charge >= 0.3 is 0 Å². The van der Waals surface area contributed by atoms with E-state index in [0.717, 1.165) is 0 Å². The lowest BCUT2D eigenvalue weighted by Gasteiger charge is -2.36. The number of morpholine rings is 1. The first-order valence-electron chi connectivity index (χ1n) is 5.75. The number of ether oxygens (including phenoxy) is 1. The molecule has 1 aliphatic heterocycles. The van der Waals surface area contributed by atoms with E-state index in [1.807, 2.05) is 6.92 Å². The molecule has 2 atom stereocenters. The van der Waals surface area contributed by atoms with Gasteiger partial charge in [0.1, 0.15) is 0 Å². The van der Waals surface area contributed by atoms with E-state index in [9.17, 15) is 4.79 Å². The maximum absolute atomic E-state index is 12.2. The van der Waals surface area contributed by atoms with Gasteiger partial charge in [0.05, 0.1) is 12.2 Å². The molecule has 2 N–H and O–H groups in total. The maximum atomic E-state index is 12.2. The predicted octanol–water partition coefficient (Wildman–Crippen LogP) is 0.270. The molecule has 2 rings (SSSR count). The average Bonchev–Trinajstić information content (AvgIpc) is 2.38. The van der Waals surface area contributed by atoms with Crippen molar-refractivity contribution in [1.29, 1.82) is 0 Å². The molecule has 2 unspecified atom stereocenters. The van der Waals surface area contributed by atoms with E-state index in [2.05, 4.69) is 4.98 Å². The second kappa shape index (κ2) is 5.25. The highest BCUT2D eigenvalue weighted by Crippen LogP contribution is 2.13. The minimum Gasteiger partial charge on any atom is -0.370 e. The van der Waals surface area contributed by atoms with Crippen molar-refractivity contribution in [2.75, 3.05) is 19.6 Å². The summed E-state index contributed by atoms with van der Waals surface area (Å²) in [5.41, 5.74) is 6.25. The molecule has 0 saturated carbocycles. The van der Waals surface area contributed by atoms with Crippen LogP contribution in [0.4, 0.5) is 0 Å². The molecule has 1 aromatic rings. The second-order valence-electron chi connectivity index (χ2n) is 4.25. The molecule has 5 nitrogen and oxygen atoms in total. The Morgan fingerprint density at radius 2 is 2.24 bits per heavy atom. The lowest BCUT2D eigenvalue weighted by Crippen LogP contribution is -2.51. The number of carbonyl (C=O) groups is 1. The number of rotatable bonds is 2. The average molecular weight is 235 g/mol. The van der Waals surface area contributed by atoms with Crippen LogP contribution in [0.25, 0.3) is 0 Å². The Bertz CT molecular complexity index is 383. The third-order valence-corrected chi connectivity index (χ3v) is 2.80. The monoisotopic (exact) mass is 235 g/mol. The van der Waals surface area contributed by atoms with Crippen LogP contribution in [0.2, 0.25) is 0 Å². The zero-order valence-corrected chi connectivity index (χ0v) is 9.87. The van der Waals surface area contributed by atoms with E-state index >= 15 is 0 Å². The lowest BCUT2D eigenvalue weighted by atomic mass is 10.1. The third-order valence-electron chi connectivity index (χ3n) is 2.80. The van der Waals surface area contributed by atoms with Crippen LogP contribution >= 0.6 is 0 Å². The zero-order chi connectivity index (χ0) is 12.3. The Morgan fingerprint density at radius 1 is 1.53 bits per heavy atom. The highest BCUT2D eigenvalue weighted by atomic mass is 16.5. The molecule has 1 amide bonds. The number of pyridine rings is 1. The molecule has 0 spiro atoms. The molecule has 1 saturated heterocycles. The number of aromatic nitrogens is 1. The van der Waals surface area contributed by atoms with Crippen LogP contribution in [-0.2, 0) is 4.74 Å². The number of hydrogen-bond acceptors (Lipinski definition) is 4. The SMILES string of the molecule is CC1CN(C(=O)c2ccncc2)CC(CN)O1. The van der Waals surface area contributed by atoms with Crippen LogP contribution in [0.5, 0.6) is 0 Å². The van der Waals surface area contributed by atoms with Crippen LogP contribution in [-0.4, -0.2) is 47.6 Å². The van der Waals surface area contributed by atoms with Gasteiger partial charge < -0.3 is 15.4 Å². The lowest BCUT2D eigenvalue weighted by molar-refractivity contribution is -0.0625. The predicted molar refractivity (Wildman–Crippen MR) is 63.5 cm³/mol. The number of nitrogens with zero attached hydrogens (tertiary/aromatic N) is 2. The first-order chi connectivity index (χ1) is 8.20. The van der Waals surface area contributed by atoms with Gasteiger partial charge in [0.2, 0.25) is 0 Å². The van der Waals surface area contributed by atoms with Crippen molar-refractivity contribution >= 4 is 5.91 Å². The van der Waals surface area contributed by atoms with Crippen LogP contribution < -0.4 is 5.73 Å². The molecule has 17 heavy (non-hydrogen) atoms. The molecule has 92 valence electrons. The number of hydrogen-bond donors (Lipinski definition) is 1. The Kier molecular flexibility index (Phi) is 3.71. The van der Waals surface area contributed by atoms with E-state index in [1.165, 1.54) is 0 Å². The number of nitrogens with two attached hydrogens (primary N) is 1. The van der Waals surface area contributed by atoms with E-state index in [1.54, 1.807) is 29.4 Å². The summed E-state index contributed by atoms with van der Waals surface area (Å²) in [5.74, 6) is 0.0148. The van der Waals surface area contributed by atoms with E-state index in [0.29, 0.717) is 25.2 Å². The number of amides is 1. The smallest absolute Gasteiger partial charge is 0.254 e. The molecule has 0 radical (unpaired) electrons. The highest BCUT2D eigenvalue weighted by molar-refractivity contribution is 5.94. The molecule has 1 aliphatic rings. The summed E-state index contributed by atoms with van der Waals surface area (Å²) in [5, 5.41) is 0. The fourth-order valence-corrected chi connectivity index (χ4v) is 2.02. The minimum atomic E-state index is -0.0652. The summed E-state index contributed by atoms with van der Waals surface area (Å²) in [7, 11) is 0. The molecule has 5 heteroatoms. The highest BCUT2D eigenvalue weighted by Gasteiger charge is 2.27. The third kappa shape index (κ3) is 2.81. The molecule has 2 heterocycles. The summed E-state index contributed by atoms with van der Waals surface area (Å²) >= 11 is 0. The molecular weight excluding hydrogens is 218 g/mol. The van der Waals surface area contributed by atoms with Crippen LogP contribution in [0.15, 0.2) is 24.5 Å². The van der Waals surface area contributed by atoms with Crippen LogP contribution in [0, 0.1) is 0 Å². The first kappa shape index (κ1) is 12.0. The van der Waals surface area contributed by atoms with Gasteiger partial charge in [-0.25, -0.2) is 0 Å². The zero-order valence-electron chi connectivity index (χ0n) is 9.87. The molecule has 0 aliphatic carbocycles.